The summed E-state index contributed by atoms with van der Waals surface area (Å²) in [7, 11) is 0. The molecule has 1 heterocycles. The van der Waals surface area contributed by atoms with Gasteiger partial charge < -0.3 is 9.88 Å². The summed E-state index contributed by atoms with van der Waals surface area (Å²) in [5, 5.41) is 3.82. The number of nitrogens with one attached hydrogen (secondary N) is 1. The minimum Gasteiger partial charge on any atom is -0.354 e. The van der Waals surface area contributed by atoms with Gasteiger partial charge in [0.05, 0.1) is 0 Å². The lowest BCUT2D eigenvalue weighted by Gasteiger charge is -2.08. The second-order valence-corrected chi connectivity index (χ2v) is 5.94. The molecule has 1 amide bonds. The average molecular weight is 320 g/mol. The smallest absolute Gasteiger partial charge is 0.239 e. The summed E-state index contributed by atoms with van der Waals surface area (Å²) in [6.07, 6.45) is 3.37. The van der Waals surface area contributed by atoms with E-state index in [9.17, 15) is 9.59 Å². The normalized spacial score (nSPS) is 10.7. The van der Waals surface area contributed by atoms with Crippen molar-refractivity contribution in [3.63, 3.8) is 0 Å². The Bertz CT molecular complexity index is 880. The highest BCUT2D eigenvalue weighted by Gasteiger charge is 2.10. The summed E-state index contributed by atoms with van der Waals surface area (Å²) >= 11 is 0. The van der Waals surface area contributed by atoms with Crippen LogP contribution in [0.4, 0.5) is 0 Å². The van der Waals surface area contributed by atoms with Crippen LogP contribution in [0.2, 0.25) is 0 Å². The number of hydrogen-bond acceptors (Lipinski definition) is 2. The van der Waals surface area contributed by atoms with Crippen molar-refractivity contribution >= 4 is 23.1 Å². The lowest BCUT2D eigenvalue weighted by molar-refractivity contribution is -0.121. The van der Waals surface area contributed by atoms with Crippen LogP contribution in [-0.4, -0.2) is 23.3 Å². The van der Waals surface area contributed by atoms with E-state index in [0.29, 0.717) is 12.1 Å². The molecule has 0 saturated carbocycles. The maximum absolute atomic E-state index is 12.2. The van der Waals surface area contributed by atoms with Gasteiger partial charge in [-0.15, -0.1) is 0 Å². The van der Waals surface area contributed by atoms with Gasteiger partial charge in [0.2, 0.25) is 5.91 Å². The van der Waals surface area contributed by atoms with Gasteiger partial charge in [-0.2, -0.15) is 0 Å². The third-order valence-corrected chi connectivity index (χ3v) is 4.08. The fraction of sp³-hybridized carbons (Fsp3) is 0.200. The van der Waals surface area contributed by atoms with Crippen LogP contribution in [0.5, 0.6) is 0 Å². The Kier molecular flexibility index (Phi) is 4.75. The Morgan fingerprint density at radius 2 is 2.00 bits per heavy atom. The first kappa shape index (κ1) is 16.0. The monoisotopic (exact) mass is 320 g/mol. The number of carbonyl (C=O) groups is 2. The van der Waals surface area contributed by atoms with Crippen LogP contribution in [0.15, 0.2) is 54.7 Å². The van der Waals surface area contributed by atoms with Gasteiger partial charge in [-0.25, -0.2) is 0 Å². The van der Waals surface area contributed by atoms with Gasteiger partial charge in [0.1, 0.15) is 6.54 Å². The van der Waals surface area contributed by atoms with Gasteiger partial charge in [0, 0.05) is 29.2 Å². The minimum absolute atomic E-state index is 0.0548. The second-order valence-electron chi connectivity index (χ2n) is 5.94. The van der Waals surface area contributed by atoms with Crippen molar-refractivity contribution in [2.45, 2.75) is 19.9 Å². The van der Waals surface area contributed by atoms with E-state index in [-0.39, 0.29) is 12.5 Å². The summed E-state index contributed by atoms with van der Waals surface area (Å²) in [5.74, 6) is -0.0548. The third-order valence-electron chi connectivity index (χ3n) is 4.08. The maximum atomic E-state index is 12.2. The molecule has 0 atom stereocenters. The van der Waals surface area contributed by atoms with E-state index in [1.807, 2.05) is 34.9 Å². The molecular weight excluding hydrogens is 300 g/mol. The zero-order valence-corrected chi connectivity index (χ0v) is 13.7. The Hall–Kier alpha value is -2.88. The Morgan fingerprint density at radius 3 is 2.79 bits per heavy atom. The summed E-state index contributed by atoms with van der Waals surface area (Å²) in [4.78, 5) is 23.4. The minimum atomic E-state index is -0.0548. The van der Waals surface area contributed by atoms with Crippen LogP contribution in [0.3, 0.4) is 0 Å². The van der Waals surface area contributed by atoms with Gasteiger partial charge in [0.15, 0.2) is 6.29 Å². The molecule has 0 saturated heterocycles. The van der Waals surface area contributed by atoms with Crippen molar-refractivity contribution in [1.29, 1.82) is 0 Å². The summed E-state index contributed by atoms with van der Waals surface area (Å²) < 4.78 is 1.82. The van der Waals surface area contributed by atoms with Crippen LogP contribution < -0.4 is 5.32 Å². The van der Waals surface area contributed by atoms with Crippen molar-refractivity contribution in [3.8, 4) is 0 Å². The lowest BCUT2D eigenvalue weighted by Crippen LogP contribution is -2.29. The number of rotatable bonds is 6. The highest BCUT2D eigenvalue weighted by Crippen LogP contribution is 2.19. The number of aldehydes is 1. The fourth-order valence-electron chi connectivity index (χ4n) is 2.92. The molecule has 3 rings (SSSR count). The summed E-state index contributed by atoms with van der Waals surface area (Å²) in [6, 6.07) is 15.9. The number of amides is 1. The molecule has 1 aromatic heterocycles. The largest absolute Gasteiger partial charge is 0.354 e. The van der Waals surface area contributed by atoms with Crippen LogP contribution in [0.1, 0.15) is 21.5 Å². The maximum Gasteiger partial charge on any atom is 0.239 e. The van der Waals surface area contributed by atoms with Crippen molar-refractivity contribution in [2.24, 2.45) is 0 Å². The van der Waals surface area contributed by atoms with Crippen molar-refractivity contribution < 1.29 is 9.59 Å². The van der Waals surface area contributed by atoms with Gasteiger partial charge >= 0.3 is 0 Å². The predicted molar refractivity (Wildman–Crippen MR) is 95.2 cm³/mol. The molecule has 0 aliphatic carbocycles. The summed E-state index contributed by atoms with van der Waals surface area (Å²) in [5.41, 5.74) is 3.94. The molecule has 0 fully saturated rings. The SMILES string of the molecule is Cc1cccc(CCNC(=O)Cn2cc(C=O)c3ccccc32)c1. The number of fused-ring (bicyclic) bond motifs is 1. The highest BCUT2D eigenvalue weighted by molar-refractivity contribution is 5.98. The first-order valence-electron chi connectivity index (χ1n) is 8.02. The van der Waals surface area contributed by atoms with Crippen molar-refractivity contribution in [3.05, 3.63) is 71.4 Å². The number of carbonyl (C=O) groups excluding carboxylic acids is 2. The molecule has 0 aliphatic heterocycles. The van der Waals surface area contributed by atoms with Crippen LogP contribution in [-0.2, 0) is 17.8 Å². The number of para-hydroxylation sites is 1. The molecule has 0 unspecified atom stereocenters. The van der Waals surface area contributed by atoms with Crippen LogP contribution in [0.25, 0.3) is 10.9 Å². The molecule has 24 heavy (non-hydrogen) atoms. The Labute approximate surface area is 141 Å². The molecular formula is C20H20N2O2. The molecule has 0 spiro atoms. The van der Waals surface area contributed by atoms with Gasteiger partial charge in [0.25, 0.3) is 0 Å². The van der Waals surface area contributed by atoms with E-state index < -0.39 is 0 Å². The molecule has 122 valence electrons. The van der Waals surface area contributed by atoms with Gasteiger partial charge in [-0.05, 0) is 25.0 Å². The number of hydrogen-bond donors (Lipinski definition) is 1. The zero-order valence-electron chi connectivity index (χ0n) is 13.7. The van der Waals surface area contributed by atoms with Gasteiger partial charge in [-0.3, -0.25) is 9.59 Å². The molecule has 0 aliphatic rings. The Morgan fingerprint density at radius 1 is 1.17 bits per heavy atom. The second kappa shape index (κ2) is 7.13. The van der Waals surface area contributed by atoms with E-state index in [4.69, 9.17) is 0 Å². The van der Waals surface area contributed by atoms with E-state index in [2.05, 4.69) is 30.4 Å². The molecule has 4 nitrogen and oxygen atoms in total. The van der Waals surface area contributed by atoms with E-state index in [1.165, 1.54) is 11.1 Å². The van der Waals surface area contributed by atoms with Crippen molar-refractivity contribution in [2.75, 3.05) is 6.54 Å². The van der Waals surface area contributed by atoms with E-state index in [1.54, 1.807) is 6.20 Å². The van der Waals surface area contributed by atoms with E-state index >= 15 is 0 Å². The quantitative estimate of drug-likeness (QED) is 0.710. The molecule has 1 N–H and O–H groups in total. The predicted octanol–water partition coefficient (Wildman–Crippen LogP) is 3.12. The number of aryl methyl sites for hydroxylation is 1. The topological polar surface area (TPSA) is 51.1 Å². The third kappa shape index (κ3) is 3.54. The Balaban J connectivity index is 1.62. The molecule has 0 bridgehead atoms. The lowest BCUT2D eigenvalue weighted by atomic mass is 10.1. The highest BCUT2D eigenvalue weighted by atomic mass is 16.2. The van der Waals surface area contributed by atoms with Gasteiger partial charge in [-0.1, -0.05) is 48.0 Å². The number of nitrogens with zero attached hydrogens (tertiary/aromatic N) is 1. The zero-order chi connectivity index (χ0) is 16.9. The van der Waals surface area contributed by atoms with Crippen molar-refractivity contribution in [1.82, 2.24) is 9.88 Å². The molecule has 2 aromatic carbocycles. The average Bonchev–Trinajstić information content (AvgIpc) is 2.93. The van der Waals surface area contributed by atoms with Crippen LogP contribution in [0, 0.1) is 6.92 Å². The fourth-order valence-corrected chi connectivity index (χ4v) is 2.92. The molecule has 0 radical (unpaired) electrons. The number of benzene rings is 2. The molecule has 4 heteroatoms. The number of aromatic nitrogens is 1. The first-order chi connectivity index (χ1) is 11.7. The molecule has 3 aromatic rings. The first-order valence-corrected chi connectivity index (χ1v) is 8.02. The van der Waals surface area contributed by atoms with Crippen LogP contribution >= 0.6 is 0 Å². The summed E-state index contributed by atoms with van der Waals surface area (Å²) in [6.45, 7) is 2.87. The standard InChI is InChI=1S/C20H20N2O2/c1-15-5-4-6-16(11-15)9-10-21-20(24)13-22-12-17(14-23)18-7-2-3-8-19(18)22/h2-8,11-12,14H,9-10,13H2,1H3,(H,21,24). The van der Waals surface area contributed by atoms with E-state index in [0.717, 1.165) is 23.6 Å².